The number of imide groups is 1. The summed E-state index contributed by atoms with van der Waals surface area (Å²) in [6.07, 6.45) is 5.90. The van der Waals surface area contributed by atoms with Crippen LogP contribution in [0.1, 0.15) is 25.7 Å². The Morgan fingerprint density at radius 2 is 1.66 bits per heavy atom. The zero-order chi connectivity index (χ0) is 20.7. The van der Waals surface area contributed by atoms with E-state index < -0.39 is 4.92 Å². The molecule has 0 spiro atoms. The first-order chi connectivity index (χ1) is 13.9. The van der Waals surface area contributed by atoms with Gasteiger partial charge in [0.1, 0.15) is 5.69 Å². The van der Waals surface area contributed by atoms with Gasteiger partial charge in [-0.25, -0.2) is 4.90 Å². The number of benzene rings is 1. The number of carbonyl (C=O) groups excluding carboxylic acids is 3. The van der Waals surface area contributed by atoms with Gasteiger partial charge in [-0.1, -0.05) is 12.2 Å². The van der Waals surface area contributed by atoms with Crippen LogP contribution in [0.25, 0.3) is 0 Å². The van der Waals surface area contributed by atoms with Crippen molar-refractivity contribution >= 4 is 34.8 Å². The van der Waals surface area contributed by atoms with Crippen LogP contribution in [0.5, 0.6) is 0 Å². The van der Waals surface area contributed by atoms with Crippen molar-refractivity contribution < 1.29 is 19.3 Å². The third-order valence-corrected chi connectivity index (χ3v) is 6.16. The van der Waals surface area contributed by atoms with E-state index in [1.54, 1.807) is 12.1 Å². The maximum atomic E-state index is 12.8. The van der Waals surface area contributed by atoms with Gasteiger partial charge in [0.25, 0.3) is 5.69 Å². The van der Waals surface area contributed by atoms with Crippen molar-refractivity contribution in [3.05, 3.63) is 40.5 Å². The molecule has 4 rings (SSSR count). The number of piperidine rings is 1. The highest BCUT2D eigenvalue weighted by Crippen LogP contribution is 2.40. The molecule has 0 radical (unpaired) electrons. The van der Waals surface area contributed by atoms with Crippen molar-refractivity contribution in [2.45, 2.75) is 25.7 Å². The molecular formula is C20H22N4O5. The number of amides is 3. The fourth-order valence-electron chi connectivity index (χ4n) is 4.52. The second-order valence-corrected chi connectivity index (χ2v) is 7.76. The van der Waals surface area contributed by atoms with Crippen LogP contribution < -0.4 is 15.5 Å². The zero-order valence-electron chi connectivity index (χ0n) is 15.8. The normalized spacial score (nSPS) is 24.7. The molecule has 1 aromatic carbocycles. The molecule has 29 heavy (non-hydrogen) atoms. The molecule has 9 nitrogen and oxygen atoms in total. The average Bonchev–Trinajstić information content (AvgIpc) is 2.98. The van der Waals surface area contributed by atoms with Crippen LogP contribution in [-0.2, 0) is 14.4 Å². The van der Waals surface area contributed by atoms with Gasteiger partial charge in [0.15, 0.2) is 0 Å². The van der Waals surface area contributed by atoms with Gasteiger partial charge in [-0.05, 0) is 37.8 Å². The summed E-state index contributed by atoms with van der Waals surface area (Å²) in [6.45, 7) is 0.955. The van der Waals surface area contributed by atoms with Crippen molar-refractivity contribution in [2.24, 2.45) is 23.5 Å². The van der Waals surface area contributed by atoms with Crippen LogP contribution in [-0.4, -0.2) is 35.7 Å². The van der Waals surface area contributed by atoms with Gasteiger partial charge in [-0.2, -0.15) is 0 Å². The monoisotopic (exact) mass is 398 g/mol. The molecule has 3 amide bonds. The standard InChI is InChI=1S/C20H22N4O5/c21-18(25)12-7-9-22(10-8-12)16-6-5-13(11-17(16)24(28)29)23-19(26)14-3-1-2-4-15(14)20(23)27/h1-2,5-6,11-12,14-15H,3-4,7-10H2,(H2,21,25)/t14-,15-/m1/s1. The number of hydrogen-bond acceptors (Lipinski definition) is 6. The van der Waals surface area contributed by atoms with E-state index in [4.69, 9.17) is 5.73 Å². The van der Waals surface area contributed by atoms with Crippen molar-refractivity contribution in [1.29, 1.82) is 0 Å². The van der Waals surface area contributed by atoms with Crippen LogP contribution in [0, 0.1) is 27.9 Å². The first kappa shape index (κ1) is 19.1. The van der Waals surface area contributed by atoms with E-state index in [1.165, 1.54) is 6.07 Å². The summed E-state index contributed by atoms with van der Waals surface area (Å²) in [4.78, 5) is 51.1. The van der Waals surface area contributed by atoms with Crippen LogP contribution >= 0.6 is 0 Å². The lowest BCUT2D eigenvalue weighted by Gasteiger charge is -2.32. The highest BCUT2D eigenvalue weighted by atomic mass is 16.6. The molecular weight excluding hydrogens is 376 g/mol. The lowest BCUT2D eigenvalue weighted by molar-refractivity contribution is -0.384. The number of carbonyl (C=O) groups is 3. The predicted molar refractivity (Wildman–Crippen MR) is 105 cm³/mol. The van der Waals surface area contributed by atoms with Crippen LogP contribution in [0.4, 0.5) is 17.1 Å². The Morgan fingerprint density at radius 3 is 2.17 bits per heavy atom. The fourth-order valence-corrected chi connectivity index (χ4v) is 4.52. The van der Waals surface area contributed by atoms with Gasteiger partial charge in [-0.3, -0.25) is 24.5 Å². The summed E-state index contributed by atoms with van der Waals surface area (Å²) < 4.78 is 0. The lowest BCUT2D eigenvalue weighted by atomic mass is 9.85. The Bertz CT molecular complexity index is 893. The molecule has 0 aromatic heterocycles. The second-order valence-electron chi connectivity index (χ2n) is 7.76. The Morgan fingerprint density at radius 1 is 1.07 bits per heavy atom. The lowest BCUT2D eigenvalue weighted by Crippen LogP contribution is -2.38. The molecule has 9 heteroatoms. The van der Waals surface area contributed by atoms with Gasteiger partial charge >= 0.3 is 0 Å². The van der Waals surface area contributed by atoms with Gasteiger partial charge < -0.3 is 10.6 Å². The average molecular weight is 398 g/mol. The molecule has 3 aliphatic rings. The number of nitrogens with two attached hydrogens (primary N) is 1. The molecule has 152 valence electrons. The van der Waals surface area contributed by atoms with E-state index >= 15 is 0 Å². The van der Waals surface area contributed by atoms with Gasteiger partial charge in [-0.15, -0.1) is 0 Å². The Hall–Kier alpha value is -3.23. The van der Waals surface area contributed by atoms with E-state index in [0.29, 0.717) is 44.5 Å². The smallest absolute Gasteiger partial charge is 0.294 e. The molecule has 2 saturated heterocycles. The molecule has 1 aliphatic carbocycles. The number of primary amides is 1. The number of nitro benzene ring substituents is 1. The summed E-state index contributed by atoms with van der Waals surface area (Å²) >= 11 is 0. The Kier molecular flexibility index (Phi) is 4.81. The quantitative estimate of drug-likeness (QED) is 0.356. The van der Waals surface area contributed by atoms with Crippen molar-refractivity contribution in [2.75, 3.05) is 22.9 Å². The molecule has 0 saturated carbocycles. The van der Waals surface area contributed by atoms with E-state index in [1.807, 2.05) is 17.1 Å². The summed E-state index contributed by atoms with van der Waals surface area (Å²) in [5.41, 5.74) is 5.85. The summed E-state index contributed by atoms with van der Waals surface area (Å²) in [5.74, 6) is -1.95. The van der Waals surface area contributed by atoms with E-state index in [0.717, 1.165) is 4.90 Å². The van der Waals surface area contributed by atoms with E-state index in [2.05, 4.69) is 0 Å². The van der Waals surface area contributed by atoms with Crippen LogP contribution in [0.3, 0.4) is 0 Å². The molecule has 2 N–H and O–H groups in total. The molecule has 2 heterocycles. The Labute approximate surface area is 167 Å². The van der Waals surface area contributed by atoms with Crippen molar-refractivity contribution in [3.8, 4) is 0 Å². The number of fused-ring (bicyclic) bond motifs is 1. The van der Waals surface area contributed by atoms with Crippen LogP contribution in [0.15, 0.2) is 30.4 Å². The molecule has 0 bridgehead atoms. The topological polar surface area (TPSA) is 127 Å². The maximum absolute atomic E-state index is 12.8. The fraction of sp³-hybridized carbons (Fsp3) is 0.450. The van der Waals surface area contributed by atoms with Gasteiger partial charge in [0, 0.05) is 25.1 Å². The highest BCUT2D eigenvalue weighted by molar-refractivity contribution is 6.22. The van der Waals surface area contributed by atoms with Gasteiger partial charge in [0.05, 0.1) is 22.4 Å². The number of nitrogens with zero attached hydrogens (tertiary/aromatic N) is 3. The summed E-state index contributed by atoms with van der Waals surface area (Å²) in [5, 5.41) is 11.7. The SMILES string of the molecule is NC(=O)C1CCN(c2ccc(N3C(=O)[C@@H]4CC=CC[C@H]4C3=O)cc2[N+](=O)[O-])CC1. The minimum atomic E-state index is -0.501. The van der Waals surface area contributed by atoms with Crippen molar-refractivity contribution in [3.63, 3.8) is 0 Å². The second kappa shape index (κ2) is 7.31. The minimum absolute atomic E-state index is 0.159. The summed E-state index contributed by atoms with van der Waals surface area (Å²) in [6, 6.07) is 4.47. The molecule has 0 unspecified atom stereocenters. The minimum Gasteiger partial charge on any atom is -0.369 e. The first-order valence-electron chi connectivity index (χ1n) is 9.74. The molecule has 2 aliphatic heterocycles. The number of allylic oxidation sites excluding steroid dienone is 2. The number of anilines is 2. The third-order valence-electron chi connectivity index (χ3n) is 6.16. The number of hydrogen-bond donors (Lipinski definition) is 1. The predicted octanol–water partition coefficient (Wildman–Crippen LogP) is 1.75. The summed E-state index contributed by atoms with van der Waals surface area (Å²) in [7, 11) is 0. The first-order valence-corrected chi connectivity index (χ1v) is 9.74. The number of nitro groups is 1. The van der Waals surface area contributed by atoms with Gasteiger partial charge in [0.2, 0.25) is 17.7 Å². The van der Waals surface area contributed by atoms with E-state index in [9.17, 15) is 24.5 Å². The number of rotatable bonds is 4. The zero-order valence-corrected chi connectivity index (χ0v) is 15.8. The Balaban J connectivity index is 1.62. The van der Waals surface area contributed by atoms with Crippen LogP contribution in [0.2, 0.25) is 0 Å². The third kappa shape index (κ3) is 3.26. The molecule has 1 aromatic rings. The molecule has 2 fully saturated rings. The maximum Gasteiger partial charge on any atom is 0.294 e. The van der Waals surface area contributed by atoms with E-state index in [-0.39, 0.29) is 46.9 Å². The van der Waals surface area contributed by atoms with Crippen molar-refractivity contribution in [1.82, 2.24) is 0 Å². The highest BCUT2D eigenvalue weighted by Gasteiger charge is 2.48. The largest absolute Gasteiger partial charge is 0.369 e. The molecule has 2 atom stereocenters.